The third-order valence-electron chi connectivity index (χ3n) is 4.98. The third-order valence-corrected chi connectivity index (χ3v) is 4.98. The lowest BCUT2D eigenvalue weighted by molar-refractivity contribution is -0.125. The molecule has 0 spiro atoms. The van der Waals surface area contributed by atoms with Gasteiger partial charge in [-0.15, -0.1) is 0 Å². The van der Waals surface area contributed by atoms with Crippen molar-refractivity contribution >= 4 is 16.8 Å². The van der Waals surface area contributed by atoms with Crippen LogP contribution in [-0.4, -0.2) is 51.6 Å². The maximum Gasteiger partial charge on any atom is 0.220 e. The standard InChI is InChI=1S/C21H21F3N2O4/c22-13-3-1-12(2-4-13)19-15(16-7-14(23)8-17(24)20(16)25-19)5-6-18(30)26-21(9-27,10-28)11-29/h1-4,7-8,25,27-29H,5-6,9-11H2,(H,26,30). The topological polar surface area (TPSA) is 106 Å². The molecule has 1 heterocycles. The Morgan fingerprint density at radius 2 is 1.60 bits per heavy atom. The van der Waals surface area contributed by atoms with Gasteiger partial charge in [-0.05, 0) is 47.9 Å². The molecule has 0 aliphatic carbocycles. The molecule has 0 saturated carbocycles. The Kier molecular flexibility index (Phi) is 6.45. The van der Waals surface area contributed by atoms with Crippen LogP contribution >= 0.6 is 0 Å². The van der Waals surface area contributed by atoms with Gasteiger partial charge < -0.3 is 25.6 Å². The number of carbonyl (C=O) groups is 1. The quantitative estimate of drug-likeness (QED) is 0.383. The van der Waals surface area contributed by atoms with Gasteiger partial charge >= 0.3 is 0 Å². The normalized spacial score (nSPS) is 11.8. The Morgan fingerprint density at radius 3 is 2.20 bits per heavy atom. The second-order valence-electron chi connectivity index (χ2n) is 7.10. The van der Waals surface area contributed by atoms with Crippen LogP contribution in [0.2, 0.25) is 0 Å². The van der Waals surface area contributed by atoms with Gasteiger partial charge in [0.2, 0.25) is 5.91 Å². The van der Waals surface area contributed by atoms with Gasteiger partial charge in [0, 0.05) is 23.6 Å². The highest BCUT2D eigenvalue weighted by molar-refractivity contribution is 5.92. The molecule has 1 aromatic heterocycles. The van der Waals surface area contributed by atoms with E-state index < -0.39 is 48.7 Å². The molecule has 3 rings (SSSR count). The lowest BCUT2D eigenvalue weighted by Crippen LogP contribution is -2.57. The first kappa shape index (κ1) is 21.8. The van der Waals surface area contributed by atoms with Crippen molar-refractivity contribution in [3.63, 3.8) is 0 Å². The molecule has 0 aliphatic heterocycles. The fraction of sp³-hybridized carbons (Fsp3) is 0.286. The monoisotopic (exact) mass is 422 g/mol. The summed E-state index contributed by atoms with van der Waals surface area (Å²) in [5.41, 5.74) is -0.123. The molecule has 160 valence electrons. The summed E-state index contributed by atoms with van der Waals surface area (Å²) in [6.45, 7) is -2.01. The second kappa shape index (κ2) is 8.86. The van der Waals surface area contributed by atoms with E-state index in [1.54, 1.807) is 0 Å². The van der Waals surface area contributed by atoms with Crippen molar-refractivity contribution in [2.24, 2.45) is 0 Å². The molecule has 0 radical (unpaired) electrons. The average molecular weight is 422 g/mol. The van der Waals surface area contributed by atoms with Crippen LogP contribution < -0.4 is 5.32 Å². The number of aliphatic hydroxyl groups excluding tert-OH is 3. The number of fused-ring (bicyclic) bond motifs is 1. The minimum absolute atomic E-state index is 0.0554. The smallest absolute Gasteiger partial charge is 0.220 e. The van der Waals surface area contributed by atoms with Gasteiger partial charge in [0.15, 0.2) is 0 Å². The number of hydrogen-bond acceptors (Lipinski definition) is 4. The third kappa shape index (κ3) is 4.33. The van der Waals surface area contributed by atoms with Crippen molar-refractivity contribution in [1.29, 1.82) is 0 Å². The molecule has 3 aromatic rings. The highest BCUT2D eigenvalue weighted by Crippen LogP contribution is 2.33. The van der Waals surface area contributed by atoms with Crippen LogP contribution in [0.1, 0.15) is 12.0 Å². The molecule has 30 heavy (non-hydrogen) atoms. The van der Waals surface area contributed by atoms with Gasteiger partial charge in [0.05, 0.1) is 25.3 Å². The van der Waals surface area contributed by atoms with E-state index in [-0.39, 0.29) is 23.7 Å². The van der Waals surface area contributed by atoms with Crippen molar-refractivity contribution in [3.8, 4) is 11.3 Å². The van der Waals surface area contributed by atoms with Crippen LogP contribution in [0.3, 0.4) is 0 Å². The molecular weight excluding hydrogens is 401 g/mol. The lowest BCUT2D eigenvalue weighted by Gasteiger charge is -2.28. The summed E-state index contributed by atoms with van der Waals surface area (Å²) in [4.78, 5) is 15.2. The van der Waals surface area contributed by atoms with Crippen LogP contribution in [-0.2, 0) is 11.2 Å². The number of aromatic amines is 1. The summed E-state index contributed by atoms with van der Waals surface area (Å²) in [6.07, 6.45) is -0.0964. The number of aromatic nitrogens is 1. The first-order chi connectivity index (χ1) is 14.3. The zero-order valence-corrected chi connectivity index (χ0v) is 15.9. The van der Waals surface area contributed by atoms with Crippen molar-refractivity contribution in [2.45, 2.75) is 18.4 Å². The Labute approximate surface area is 170 Å². The molecule has 0 aliphatic rings. The van der Waals surface area contributed by atoms with E-state index in [1.165, 1.54) is 24.3 Å². The number of nitrogens with one attached hydrogen (secondary N) is 2. The van der Waals surface area contributed by atoms with Gasteiger partial charge in [-0.2, -0.15) is 0 Å². The maximum atomic E-state index is 14.3. The molecule has 0 fully saturated rings. The molecule has 9 heteroatoms. The van der Waals surface area contributed by atoms with E-state index in [2.05, 4.69) is 10.3 Å². The summed E-state index contributed by atoms with van der Waals surface area (Å²) in [5.74, 6) is -2.62. The van der Waals surface area contributed by atoms with E-state index in [0.29, 0.717) is 16.8 Å². The van der Waals surface area contributed by atoms with Gasteiger partial charge in [-0.3, -0.25) is 4.79 Å². The molecule has 1 amide bonds. The van der Waals surface area contributed by atoms with E-state index in [9.17, 15) is 33.3 Å². The number of H-pyrrole nitrogens is 1. The van der Waals surface area contributed by atoms with Crippen molar-refractivity contribution in [3.05, 3.63) is 59.4 Å². The fourth-order valence-electron chi connectivity index (χ4n) is 3.26. The number of amides is 1. The van der Waals surface area contributed by atoms with Crippen molar-refractivity contribution < 1.29 is 33.3 Å². The summed E-state index contributed by atoms with van der Waals surface area (Å²) >= 11 is 0. The second-order valence-corrected chi connectivity index (χ2v) is 7.10. The van der Waals surface area contributed by atoms with E-state index in [1.807, 2.05) is 0 Å². The van der Waals surface area contributed by atoms with E-state index in [4.69, 9.17) is 0 Å². The maximum absolute atomic E-state index is 14.3. The first-order valence-electron chi connectivity index (χ1n) is 9.21. The summed E-state index contributed by atoms with van der Waals surface area (Å²) in [5, 5.41) is 30.7. The molecule has 0 atom stereocenters. The van der Waals surface area contributed by atoms with Gasteiger partial charge in [-0.1, -0.05) is 0 Å². The number of hydrogen-bond donors (Lipinski definition) is 5. The average Bonchev–Trinajstić information content (AvgIpc) is 3.10. The van der Waals surface area contributed by atoms with Crippen molar-refractivity contribution in [1.82, 2.24) is 10.3 Å². The van der Waals surface area contributed by atoms with Crippen LogP contribution in [0.5, 0.6) is 0 Å². The number of carbonyl (C=O) groups excluding carboxylic acids is 1. The molecule has 5 N–H and O–H groups in total. The minimum atomic E-state index is -1.57. The Morgan fingerprint density at radius 1 is 0.967 bits per heavy atom. The number of aryl methyl sites for hydroxylation is 1. The zero-order chi connectivity index (χ0) is 21.9. The van der Waals surface area contributed by atoms with Crippen LogP contribution in [0.25, 0.3) is 22.2 Å². The Balaban J connectivity index is 1.96. The fourth-order valence-corrected chi connectivity index (χ4v) is 3.26. The molecule has 2 aromatic carbocycles. The van der Waals surface area contributed by atoms with E-state index in [0.717, 1.165) is 12.1 Å². The van der Waals surface area contributed by atoms with Crippen LogP contribution in [0, 0.1) is 17.5 Å². The molecule has 0 unspecified atom stereocenters. The Hall–Kier alpha value is -2.88. The molecular formula is C21H21F3N2O4. The number of halogens is 3. The molecule has 0 saturated heterocycles. The highest BCUT2D eigenvalue weighted by atomic mass is 19.1. The summed E-state index contributed by atoms with van der Waals surface area (Å²) in [7, 11) is 0. The van der Waals surface area contributed by atoms with Crippen LogP contribution in [0.4, 0.5) is 13.2 Å². The van der Waals surface area contributed by atoms with E-state index >= 15 is 0 Å². The molecule has 6 nitrogen and oxygen atoms in total. The lowest BCUT2D eigenvalue weighted by atomic mass is 9.99. The largest absolute Gasteiger partial charge is 0.394 e. The van der Waals surface area contributed by atoms with Gasteiger partial charge in [-0.25, -0.2) is 13.2 Å². The van der Waals surface area contributed by atoms with Gasteiger partial charge in [0.1, 0.15) is 23.0 Å². The summed E-state index contributed by atoms with van der Waals surface area (Å²) < 4.78 is 41.4. The van der Waals surface area contributed by atoms with Gasteiger partial charge in [0.25, 0.3) is 0 Å². The van der Waals surface area contributed by atoms with Crippen molar-refractivity contribution in [2.75, 3.05) is 19.8 Å². The number of benzene rings is 2. The molecule has 0 bridgehead atoms. The SMILES string of the molecule is O=C(CCc1c(-c2ccc(F)cc2)[nH]c2c(F)cc(F)cc12)NC(CO)(CO)CO. The Bertz CT molecular complexity index is 1040. The van der Waals surface area contributed by atoms with Crippen LogP contribution in [0.15, 0.2) is 36.4 Å². The number of rotatable bonds is 8. The predicted octanol–water partition coefficient (Wildman–Crippen LogP) is 2.02. The highest BCUT2D eigenvalue weighted by Gasteiger charge is 2.30. The zero-order valence-electron chi connectivity index (χ0n) is 15.9. The number of aliphatic hydroxyl groups is 3. The summed E-state index contributed by atoms with van der Waals surface area (Å²) in [6, 6.07) is 7.30. The first-order valence-corrected chi connectivity index (χ1v) is 9.21. The predicted molar refractivity (Wildman–Crippen MR) is 104 cm³/mol. The minimum Gasteiger partial charge on any atom is -0.394 e.